The van der Waals surface area contributed by atoms with Gasteiger partial charge in [0, 0.05) is 23.5 Å². The molecule has 1 aromatic carbocycles. The second-order valence-electron chi connectivity index (χ2n) is 4.74. The maximum Gasteiger partial charge on any atom is 0.214 e. The zero-order chi connectivity index (χ0) is 15.8. The molecule has 0 amide bonds. The lowest BCUT2D eigenvalue weighted by molar-refractivity contribution is 0.631. The smallest absolute Gasteiger partial charge is 0.214 e. The molecule has 4 aromatic rings. The van der Waals surface area contributed by atoms with Gasteiger partial charge >= 0.3 is 0 Å². The van der Waals surface area contributed by atoms with Crippen molar-refractivity contribution in [3.8, 4) is 27.9 Å². The third-order valence-electron chi connectivity index (χ3n) is 3.37. The van der Waals surface area contributed by atoms with Crippen LogP contribution in [-0.2, 0) is 0 Å². The van der Waals surface area contributed by atoms with E-state index < -0.39 is 0 Å². The first-order valence-electron chi connectivity index (χ1n) is 6.73. The Balaban J connectivity index is 1.91. The van der Waals surface area contributed by atoms with Crippen molar-refractivity contribution < 1.29 is 4.39 Å². The van der Waals surface area contributed by atoms with Crippen LogP contribution in [0.2, 0.25) is 0 Å². The molecule has 23 heavy (non-hydrogen) atoms. The number of pyridine rings is 1. The molecular formula is C16H8FN5S. The fourth-order valence-electron chi connectivity index (χ4n) is 2.30. The largest absolute Gasteiger partial charge is 0.265 e. The lowest BCUT2D eigenvalue weighted by Gasteiger charge is -1.98. The molecule has 0 spiro atoms. The van der Waals surface area contributed by atoms with Crippen LogP contribution >= 0.6 is 11.3 Å². The monoisotopic (exact) mass is 321 g/mol. The average Bonchev–Trinajstić information content (AvgIpc) is 3.13. The van der Waals surface area contributed by atoms with E-state index in [1.165, 1.54) is 21.9 Å². The molecule has 0 fully saturated rings. The molecule has 7 heteroatoms. The Kier molecular flexibility index (Phi) is 3.10. The van der Waals surface area contributed by atoms with Crippen LogP contribution in [0.15, 0.2) is 48.8 Å². The molecule has 0 aliphatic heterocycles. The van der Waals surface area contributed by atoms with E-state index in [1.807, 2.05) is 0 Å². The minimum atomic E-state index is -0.350. The van der Waals surface area contributed by atoms with Crippen molar-refractivity contribution in [3.63, 3.8) is 0 Å². The molecule has 0 saturated heterocycles. The van der Waals surface area contributed by atoms with Crippen LogP contribution < -0.4 is 0 Å². The number of nitriles is 1. The van der Waals surface area contributed by atoms with Gasteiger partial charge in [-0.2, -0.15) is 14.9 Å². The summed E-state index contributed by atoms with van der Waals surface area (Å²) in [6.07, 6.45) is 3.28. The predicted octanol–water partition coefficient (Wildman–Crippen LogP) is 3.53. The van der Waals surface area contributed by atoms with Crippen molar-refractivity contribution in [2.24, 2.45) is 0 Å². The fourth-order valence-corrected chi connectivity index (χ4v) is 3.23. The standard InChI is InChI=1S/C16H8FN5S/c17-12-4-2-1-3-11(12)15-21-22-13(9-18)14(20-16(22)23-15)10-5-7-19-8-6-10/h1-8H. The number of benzene rings is 1. The van der Waals surface area contributed by atoms with E-state index in [2.05, 4.69) is 21.1 Å². The molecule has 4 rings (SSSR count). The maximum absolute atomic E-state index is 13.9. The summed E-state index contributed by atoms with van der Waals surface area (Å²) in [7, 11) is 0. The third kappa shape index (κ3) is 2.17. The topological polar surface area (TPSA) is 66.9 Å². The van der Waals surface area contributed by atoms with E-state index >= 15 is 0 Å². The first-order valence-corrected chi connectivity index (χ1v) is 7.54. The highest BCUT2D eigenvalue weighted by Gasteiger charge is 2.19. The van der Waals surface area contributed by atoms with E-state index in [0.29, 0.717) is 26.9 Å². The van der Waals surface area contributed by atoms with Crippen LogP contribution in [0.25, 0.3) is 26.8 Å². The number of hydrogen-bond acceptors (Lipinski definition) is 5. The number of rotatable bonds is 2. The van der Waals surface area contributed by atoms with Gasteiger partial charge in [-0.1, -0.05) is 23.5 Å². The Hall–Kier alpha value is -3.11. The molecule has 0 atom stereocenters. The normalized spacial score (nSPS) is 10.8. The third-order valence-corrected chi connectivity index (χ3v) is 4.31. The van der Waals surface area contributed by atoms with Gasteiger partial charge in [0.05, 0.1) is 0 Å². The van der Waals surface area contributed by atoms with Gasteiger partial charge in [0.2, 0.25) is 4.96 Å². The van der Waals surface area contributed by atoms with Gasteiger partial charge in [-0.3, -0.25) is 4.98 Å². The Morgan fingerprint density at radius 2 is 1.91 bits per heavy atom. The van der Waals surface area contributed by atoms with Gasteiger partial charge < -0.3 is 0 Å². The van der Waals surface area contributed by atoms with Crippen LogP contribution in [0.4, 0.5) is 4.39 Å². The Morgan fingerprint density at radius 1 is 1.13 bits per heavy atom. The molecule has 0 radical (unpaired) electrons. The summed E-state index contributed by atoms with van der Waals surface area (Å²) in [4.78, 5) is 8.98. The van der Waals surface area contributed by atoms with Crippen LogP contribution in [0.5, 0.6) is 0 Å². The molecule has 0 aliphatic carbocycles. The van der Waals surface area contributed by atoms with Gasteiger partial charge in [-0.05, 0) is 24.3 Å². The molecule has 0 unspecified atom stereocenters. The Labute approximate surface area is 134 Å². The summed E-state index contributed by atoms with van der Waals surface area (Å²) in [6, 6.07) is 12.1. The maximum atomic E-state index is 13.9. The quantitative estimate of drug-likeness (QED) is 0.566. The number of hydrogen-bond donors (Lipinski definition) is 0. The van der Waals surface area contributed by atoms with Crippen molar-refractivity contribution >= 4 is 16.3 Å². The van der Waals surface area contributed by atoms with Gasteiger partial charge in [-0.25, -0.2) is 9.37 Å². The summed E-state index contributed by atoms with van der Waals surface area (Å²) < 4.78 is 15.4. The van der Waals surface area contributed by atoms with Crippen LogP contribution in [0.3, 0.4) is 0 Å². The van der Waals surface area contributed by atoms with E-state index in [-0.39, 0.29) is 5.82 Å². The van der Waals surface area contributed by atoms with Crippen LogP contribution in [0.1, 0.15) is 5.69 Å². The number of fused-ring (bicyclic) bond motifs is 1. The van der Waals surface area contributed by atoms with Crippen molar-refractivity contribution in [3.05, 3.63) is 60.3 Å². The van der Waals surface area contributed by atoms with Gasteiger partial charge in [-0.15, -0.1) is 0 Å². The summed E-state index contributed by atoms with van der Waals surface area (Å²) in [5.41, 5.74) is 2.07. The fraction of sp³-hybridized carbons (Fsp3) is 0. The summed E-state index contributed by atoms with van der Waals surface area (Å²) >= 11 is 1.24. The van der Waals surface area contributed by atoms with E-state index in [4.69, 9.17) is 0 Å². The van der Waals surface area contributed by atoms with Crippen molar-refractivity contribution in [2.45, 2.75) is 0 Å². The van der Waals surface area contributed by atoms with Gasteiger partial charge in [0.25, 0.3) is 0 Å². The summed E-state index contributed by atoms with van der Waals surface area (Å²) in [5.74, 6) is -0.350. The zero-order valence-electron chi connectivity index (χ0n) is 11.6. The highest BCUT2D eigenvalue weighted by atomic mass is 32.1. The summed E-state index contributed by atoms with van der Waals surface area (Å²) in [6.45, 7) is 0. The van der Waals surface area contributed by atoms with E-state index in [0.717, 1.165) is 5.56 Å². The Bertz CT molecular complexity index is 1050. The number of imidazole rings is 1. The first-order chi connectivity index (χ1) is 11.3. The molecule has 0 N–H and O–H groups in total. The van der Waals surface area contributed by atoms with Gasteiger partial charge in [0.1, 0.15) is 17.6 Å². The second kappa shape index (κ2) is 5.26. The van der Waals surface area contributed by atoms with Crippen LogP contribution in [-0.4, -0.2) is 19.6 Å². The molecular weight excluding hydrogens is 313 g/mol. The number of aromatic nitrogens is 4. The van der Waals surface area contributed by atoms with Crippen molar-refractivity contribution in [1.29, 1.82) is 5.26 Å². The number of halogens is 1. The molecule has 0 aliphatic rings. The lowest BCUT2D eigenvalue weighted by atomic mass is 10.2. The Morgan fingerprint density at radius 3 is 2.65 bits per heavy atom. The minimum Gasteiger partial charge on any atom is -0.265 e. The van der Waals surface area contributed by atoms with Crippen LogP contribution in [0, 0.1) is 17.1 Å². The van der Waals surface area contributed by atoms with Crippen molar-refractivity contribution in [1.82, 2.24) is 19.6 Å². The molecule has 0 saturated carbocycles. The highest BCUT2D eigenvalue weighted by molar-refractivity contribution is 7.19. The summed E-state index contributed by atoms with van der Waals surface area (Å²) in [5, 5.41) is 14.3. The minimum absolute atomic E-state index is 0.324. The molecule has 110 valence electrons. The predicted molar refractivity (Wildman–Crippen MR) is 84.2 cm³/mol. The molecule has 0 bridgehead atoms. The zero-order valence-corrected chi connectivity index (χ0v) is 12.5. The molecule has 3 heterocycles. The van der Waals surface area contributed by atoms with E-state index in [9.17, 15) is 9.65 Å². The average molecular weight is 321 g/mol. The molecule has 3 aromatic heterocycles. The first kappa shape index (κ1) is 13.5. The lowest BCUT2D eigenvalue weighted by Crippen LogP contribution is -1.92. The molecule has 5 nitrogen and oxygen atoms in total. The second-order valence-corrected chi connectivity index (χ2v) is 5.69. The van der Waals surface area contributed by atoms with Crippen molar-refractivity contribution in [2.75, 3.05) is 0 Å². The highest BCUT2D eigenvalue weighted by Crippen LogP contribution is 2.31. The SMILES string of the molecule is N#Cc1c(-c2ccncc2)nc2sc(-c3ccccc3F)nn12. The number of nitrogens with zero attached hydrogens (tertiary/aromatic N) is 5. The van der Waals surface area contributed by atoms with Gasteiger partial charge in [0.15, 0.2) is 10.7 Å². The van der Waals surface area contributed by atoms with E-state index in [1.54, 1.807) is 42.7 Å².